The van der Waals surface area contributed by atoms with Gasteiger partial charge in [0.1, 0.15) is 40.5 Å². The summed E-state index contributed by atoms with van der Waals surface area (Å²) in [5.41, 5.74) is 9.07. The molecule has 296 valence electrons. The number of aromatic nitrogens is 3. The number of carbonyl (C=O) groups excluding carboxylic acids is 2. The Kier molecular flexibility index (Phi) is 12.5. The molecule has 0 saturated heterocycles. The summed E-state index contributed by atoms with van der Waals surface area (Å²) in [4.78, 5) is 39.7. The summed E-state index contributed by atoms with van der Waals surface area (Å²) in [6.07, 6.45) is 6.89. The van der Waals surface area contributed by atoms with Crippen molar-refractivity contribution in [3.05, 3.63) is 103 Å². The zero-order chi connectivity index (χ0) is 39.9. The summed E-state index contributed by atoms with van der Waals surface area (Å²) in [7, 11) is 0. The second-order valence-corrected chi connectivity index (χ2v) is 16.7. The van der Waals surface area contributed by atoms with Crippen molar-refractivity contribution in [3.8, 4) is 22.6 Å². The maximum Gasteiger partial charge on any atom is 0.410 e. The molecule has 2 amide bonds. The van der Waals surface area contributed by atoms with Crippen LogP contribution in [0.2, 0.25) is 0 Å². The second-order valence-electron chi connectivity index (χ2n) is 16.7. The highest BCUT2D eigenvalue weighted by atomic mass is 16.6. The summed E-state index contributed by atoms with van der Waals surface area (Å²) in [6, 6.07) is 27.9. The number of carbonyl (C=O) groups is 2. The molecule has 1 aliphatic rings. The van der Waals surface area contributed by atoms with Gasteiger partial charge in [-0.2, -0.15) is 0 Å². The van der Waals surface area contributed by atoms with Crippen molar-refractivity contribution in [2.75, 3.05) is 31.9 Å². The van der Waals surface area contributed by atoms with Crippen LogP contribution in [0.4, 0.5) is 15.4 Å². The van der Waals surface area contributed by atoms with Gasteiger partial charge in [-0.3, -0.25) is 0 Å². The number of nitrogens with zero attached hydrogens (tertiary/aromatic N) is 5. The Morgan fingerprint density at radius 1 is 0.786 bits per heavy atom. The Morgan fingerprint density at radius 3 is 2.12 bits per heavy atom. The zero-order valence-corrected chi connectivity index (χ0v) is 33.6. The molecule has 11 heteroatoms. The Labute approximate surface area is 330 Å². The zero-order valence-electron chi connectivity index (χ0n) is 33.6. The molecule has 0 unspecified atom stereocenters. The van der Waals surface area contributed by atoms with Crippen LogP contribution in [-0.2, 0) is 15.9 Å². The molecule has 0 radical (unpaired) electrons. The summed E-state index contributed by atoms with van der Waals surface area (Å²) in [5.74, 6) is 2.21. The van der Waals surface area contributed by atoms with Crippen molar-refractivity contribution in [2.45, 2.75) is 90.9 Å². The van der Waals surface area contributed by atoms with E-state index in [0.29, 0.717) is 44.8 Å². The minimum atomic E-state index is -0.648. The Hall–Kier alpha value is -5.58. The number of hydrogen-bond donors (Lipinski definition) is 1. The number of nitrogens with two attached hydrogens (primary N) is 1. The average molecular weight is 761 g/mol. The van der Waals surface area contributed by atoms with E-state index in [1.54, 1.807) is 4.90 Å². The normalized spacial score (nSPS) is 15.8. The highest BCUT2D eigenvalue weighted by Gasteiger charge is 2.32. The van der Waals surface area contributed by atoms with Gasteiger partial charge in [0.05, 0.1) is 5.39 Å². The Bertz CT molecular complexity index is 2070. The summed E-state index contributed by atoms with van der Waals surface area (Å²) < 4.78 is 20.0. The van der Waals surface area contributed by atoms with E-state index in [-0.39, 0.29) is 24.1 Å². The van der Waals surface area contributed by atoms with Gasteiger partial charge in [0, 0.05) is 44.0 Å². The predicted octanol–water partition coefficient (Wildman–Crippen LogP) is 9.92. The van der Waals surface area contributed by atoms with Crippen LogP contribution < -0.4 is 10.5 Å². The second kappa shape index (κ2) is 17.5. The van der Waals surface area contributed by atoms with Crippen molar-refractivity contribution in [3.63, 3.8) is 0 Å². The highest BCUT2D eigenvalue weighted by molar-refractivity contribution is 6.00. The number of hydrogen-bond acceptors (Lipinski definition) is 8. The van der Waals surface area contributed by atoms with Crippen molar-refractivity contribution in [1.29, 1.82) is 0 Å². The van der Waals surface area contributed by atoms with Crippen molar-refractivity contribution < 1.29 is 23.8 Å². The standard InChI is InChI=1S/C45H56N6O5/c1-44(2,3)55-42(52)49(26-23-32-15-13-20-37(28-32)54-36-18-11-8-12-19-36)24-14-25-50(43(53)56-45(4,5)6)29-33-21-22-35(27-33)51-30-38(34-16-9-7-10-17-34)39-40(46)47-31-48-41(39)51/h7-13,15-20,28,30-31,33,35H,14,21-27,29H2,1-6H3,(H2,46,47,48)/t33-,35+/m1/s1. The number of ether oxygens (including phenoxy) is 3. The molecular formula is C45H56N6O5. The van der Waals surface area contributed by atoms with E-state index in [1.165, 1.54) is 6.33 Å². The smallest absolute Gasteiger partial charge is 0.410 e. The number of amides is 2. The molecule has 1 aliphatic carbocycles. The number of benzene rings is 3. The lowest BCUT2D eigenvalue weighted by atomic mass is 10.1. The first kappa shape index (κ1) is 40.1. The fourth-order valence-electron chi connectivity index (χ4n) is 7.31. The number of anilines is 1. The molecule has 11 nitrogen and oxygen atoms in total. The van der Waals surface area contributed by atoms with Crippen molar-refractivity contribution in [1.82, 2.24) is 24.3 Å². The molecule has 2 N–H and O–H groups in total. The third-order valence-corrected chi connectivity index (χ3v) is 9.82. The number of rotatable bonds is 13. The van der Waals surface area contributed by atoms with E-state index in [2.05, 4.69) is 32.9 Å². The van der Waals surface area contributed by atoms with E-state index in [1.807, 2.05) is 119 Å². The molecule has 2 atom stereocenters. The number of para-hydroxylation sites is 1. The first-order chi connectivity index (χ1) is 26.7. The molecule has 0 aliphatic heterocycles. The molecule has 1 fully saturated rings. The first-order valence-corrected chi connectivity index (χ1v) is 19.7. The Morgan fingerprint density at radius 2 is 1.43 bits per heavy atom. The maximum atomic E-state index is 13.7. The molecule has 0 spiro atoms. The van der Waals surface area contributed by atoms with Gasteiger partial charge in [-0.25, -0.2) is 19.6 Å². The average Bonchev–Trinajstić information content (AvgIpc) is 3.77. The monoisotopic (exact) mass is 760 g/mol. The number of nitrogen functional groups attached to an aromatic ring is 1. The lowest BCUT2D eigenvalue weighted by molar-refractivity contribution is 0.0186. The van der Waals surface area contributed by atoms with Gasteiger partial charge in [-0.05, 0) is 115 Å². The van der Waals surface area contributed by atoms with Crippen molar-refractivity contribution in [2.24, 2.45) is 5.92 Å². The molecule has 3 aromatic carbocycles. The minimum Gasteiger partial charge on any atom is -0.457 e. The van der Waals surface area contributed by atoms with Crippen LogP contribution in [0, 0.1) is 5.92 Å². The van der Waals surface area contributed by atoms with Gasteiger partial charge in [0.15, 0.2) is 0 Å². The van der Waals surface area contributed by atoms with E-state index in [9.17, 15) is 9.59 Å². The summed E-state index contributed by atoms with van der Waals surface area (Å²) in [6.45, 7) is 13.1. The largest absolute Gasteiger partial charge is 0.457 e. The molecule has 2 aromatic heterocycles. The fraction of sp³-hybridized carbons (Fsp3) is 0.422. The lowest BCUT2D eigenvalue weighted by Gasteiger charge is -2.31. The highest BCUT2D eigenvalue weighted by Crippen LogP contribution is 2.41. The Balaban J connectivity index is 1.13. The van der Waals surface area contributed by atoms with Crippen LogP contribution in [0.3, 0.4) is 0 Å². The lowest BCUT2D eigenvalue weighted by Crippen LogP contribution is -2.42. The van der Waals surface area contributed by atoms with Crippen LogP contribution in [0.25, 0.3) is 22.2 Å². The fourth-order valence-corrected chi connectivity index (χ4v) is 7.31. The van der Waals surface area contributed by atoms with E-state index in [4.69, 9.17) is 19.9 Å². The molecular weight excluding hydrogens is 705 g/mol. The molecule has 5 aromatic rings. The third kappa shape index (κ3) is 10.8. The molecule has 6 rings (SSSR count). The summed E-state index contributed by atoms with van der Waals surface area (Å²) in [5, 5.41) is 0.861. The minimum absolute atomic E-state index is 0.189. The third-order valence-electron chi connectivity index (χ3n) is 9.82. The van der Waals surface area contributed by atoms with Crippen LogP contribution >= 0.6 is 0 Å². The van der Waals surface area contributed by atoms with Gasteiger partial charge < -0.3 is 34.3 Å². The topological polar surface area (TPSA) is 125 Å². The van der Waals surface area contributed by atoms with Crippen LogP contribution in [0.1, 0.15) is 78.8 Å². The van der Waals surface area contributed by atoms with Gasteiger partial charge in [0.2, 0.25) is 0 Å². The van der Waals surface area contributed by atoms with Gasteiger partial charge in [0.25, 0.3) is 0 Å². The molecule has 56 heavy (non-hydrogen) atoms. The first-order valence-electron chi connectivity index (χ1n) is 19.7. The summed E-state index contributed by atoms with van der Waals surface area (Å²) >= 11 is 0. The maximum absolute atomic E-state index is 13.7. The van der Waals surface area contributed by atoms with Gasteiger partial charge >= 0.3 is 12.2 Å². The van der Waals surface area contributed by atoms with Crippen molar-refractivity contribution >= 4 is 29.0 Å². The van der Waals surface area contributed by atoms with E-state index >= 15 is 0 Å². The van der Waals surface area contributed by atoms with Gasteiger partial charge in [-0.1, -0.05) is 60.7 Å². The quantitative estimate of drug-likeness (QED) is 0.126. The number of fused-ring (bicyclic) bond motifs is 1. The van der Waals surface area contributed by atoms with E-state index in [0.717, 1.165) is 58.5 Å². The van der Waals surface area contributed by atoms with E-state index < -0.39 is 11.2 Å². The SMILES string of the molecule is CC(C)(C)OC(=O)N(CCCN(C[C@@H]1CC[C@H](n2cc(-c3ccccc3)c3c(N)ncnc32)C1)C(=O)OC(C)(C)C)CCc1cccc(Oc2ccccc2)c1. The molecule has 1 saturated carbocycles. The van der Waals surface area contributed by atoms with Crippen LogP contribution in [0.15, 0.2) is 97.5 Å². The predicted molar refractivity (Wildman–Crippen MR) is 221 cm³/mol. The van der Waals surface area contributed by atoms with Crippen LogP contribution in [-0.4, -0.2) is 73.9 Å². The molecule has 2 heterocycles. The van der Waals surface area contributed by atoms with Crippen LogP contribution in [0.5, 0.6) is 11.5 Å². The molecule has 0 bridgehead atoms. The van der Waals surface area contributed by atoms with Gasteiger partial charge in [-0.15, -0.1) is 0 Å².